The lowest BCUT2D eigenvalue weighted by Crippen LogP contribution is -2.28. The molecule has 5 heteroatoms. The fourth-order valence-electron chi connectivity index (χ4n) is 2.05. The Balaban J connectivity index is 1.71. The van der Waals surface area contributed by atoms with Gasteiger partial charge in [-0.2, -0.15) is 0 Å². The Morgan fingerprint density at radius 1 is 1.39 bits per heavy atom. The lowest BCUT2D eigenvalue weighted by molar-refractivity contribution is 0.271. The van der Waals surface area contributed by atoms with Crippen molar-refractivity contribution in [2.24, 2.45) is 0 Å². The zero-order valence-corrected chi connectivity index (χ0v) is 11.6. The van der Waals surface area contributed by atoms with Gasteiger partial charge in [0.15, 0.2) is 0 Å². The molecule has 2 rings (SSSR count). The first-order chi connectivity index (χ1) is 8.81. The van der Waals surface area contributed by atoms with Crippen LogP contribution < -0.4 is 5.32 Å². The Morgan fingerprint density at radius 3 is 2.89 bits per heavy atom. The SMILES string of the molecule is CCCN(CC)CCn1cc(CNC2CC2)nn1. The Bertz CT molecular complexity index is 345. The topological polar surface area (TPSA) is 46.0 Å². The summed E-state index contributed by atoms with van der Waals surface area (Å²) in [6.07, 6.45) is 5.91. The molecule has 0 radical (unpaired) electrons. The third-order valence-corrected chi connectivity index (χ3v) is 3.37. The maximum Gasteiger partial charge on any atom is 0.0964 e. The molecule has 1 aliphatic carbocycles. The van der Waals surface area contributed by atoms with Gasteiger partial charge < -0.3 is 10.2 Å². The second-order valence-electron chi connectivity index (χ2n) is 5.06. The fraction of sp³-hybridized carbons (Fsp3) is 0.846. The molecule has 0 aliphatic heterocycles. The number of hydrogen-bond donors (Lipinski definition) is 1. The molecule has 102 valence electrons. The Labute approximate surface area is 110 Å². The second-order valence-corrected chi connectivity index (χ2v) is 5.06. The van der Waals surface area contributed by atoms with Crippen molar-refractivity contribution < 1.29 is 0 Å². The minimum Gasteiger partial charge on any atom is -0.308 e. The molecule has 0 saturated heterocycles. The molecule has 0 aromatic carbocycles. The van der Waals surface area contributed by atoms with Gasteiger partial charge in [0.05, 0.1) is 12.2 Å². The van der Waals surface area contributed by atoms with Crippen molar-refractivity contribution in [3.05, 3.63) is 11.9 Å². The van der Waals surface area contributed by atoms with Crippen LogP contribution >= 0.6 is 0 Å². The summed E-state index contributed by atoms with van der Waals surface area (Å²) in [6.45, 7) is 9.56. The first kappa shape index (κ1) is 13.5. The maximum absolute atomic E-state index is 4.20. The smallest absolute Gasteiger partial charge is 0.0964 e. The predicted octanol–water partition coefficient (Wildman–Crippen LogP) is 1.26. The lowest BCUT2D eigenvalue weighted by atomic mass is 10.4. The minimum atomic E-state index is 0.732. The third kappa shape index (κ3) is 4.38. The molecular formula is C13H25N5. The van der Waals surface area contributed by atoms with Gasteiger partial charge in [-0.15, -0.1) is 5.10 Å². The van der Waals surface area contributed by atoms with E-state index in [4.69, 9.17) is 0 Å². The average molecular weight is 251 g/mol. The summed E-state index contributed by atoms with van der Waals surface area (Å²) in [4.78, 5) is 2.45. The van der Waals surface area contributed by atoms with Crippen LogP contribution in [0.1, 0.15) is 38.8 Å². The molecule has 5 nitrogen and oxygen atoms in total. The molecule has 1 saturated carbocycles. The zero-order valence-electron chi connectivity index (χ0n) is 11.6. The van der Waals surface area contributed by atoms with Crippen LogP contribution in [0.25, 0.3) is 0 Å². The summed E-state index contributed by atoms with van der Waals surface area (Å²) in [5.74, 6) is 0. The van der Waals surface area contributed by atoms with Crippen molar-refractivity contribution in [1.29, 1.82) is 0 Å². The van der Waals surface area contributed by atoms with Crippen molar-refractivity contribution in [3.63, 3.8) is 0 Å². The standard InChI is InChI=1S/C13H25N5/c1-3-7-17(4-2)8-9-18-11-13(15-16-18)10-14-12-5-6-12/h11-12,14H,3-10H2,1-2H3. The highest BCUT2D eigenvalue weighted by atomic mass is 15.4. The van der Waals surface area contributed by atoms with Crippen LogP contribution in [0.2, 0.25) is 0 Å². The van der Waals surface area contributed by atoms with Crippen LogP contribution in [0.4, 0.5) is 0 Å². The number of hydrogen-bond acceptors (Lipinski definition) is 4. The highest BCUT2D eigenvalue weighted by Crippen LogP contribution is 2.18. The quantitative estimate of drug-likeness (QED) is 0.718. The number of nitrogens with zero attached hydrogens (tertiary/aromatic N) is 4. The van der Waals surface area contributed by atoms with E-state index in [2.05, 4.69) is 40.6 Å². The second kappa shape index (κ2) is 6.85. The highest BCUT2D eigenvalue weighted by Gasteiger charge is 2.20. The van der Waals surface area contributed by atoms with E-state index in [0.717, 1.165) is 37.9 Å². The van der Waals surface area contributed by atoms with Crippen molar-refractivity contribution in [3.8, 4) is 0 Å². The fourth-order valence-corrected chi connectivity index (χ4v) is 2.05. The molecular weight excluding hydrogens is 226 g/mol. The molecule has 1 aliphatic rings. The zero-order chi connectivity index (χ0) is 12.8. The normalized spacial score (nSPS) is 15.5. The highest BCUT2D eigenvalue weighted by molar-refractivity contribution is 4.94. The molecule has 0 spiro atoms. The van der Waals surface area contributed by atoms with E-state index < -0.39 is 0 Å². The van der Waals surface area contributed by atoms with Gasteiger partial charge in [-0.3, -0.25) is 4.68 Å². The summed E-state index contributed by atoms with van der Waals surface area (Å²) >= 11 is 0. The largest absolute Gasteiger partial charge is 0.308 e. The molecule has 1 aromatic rings. The maximum atomic E-state index is 4.20. The van der Waals surface area contributed by atoms with Crippen LogP contribution in [0.3, 0.4) is 0 Å². The summed E-state index contributed by atoms with van der Waals surface area (Å²) in [5.41, 5.74) is 1.06. The van der Waals surface area contributed by atoms with Gasteiger partial charge in [0, 0.05) is 25.3 Å². The molecule has 0 bridgehead atoms. The van der Waals surface area contributed by atoms with E-state index in [-0.39, 0.29) is 0 Å². The van der Waals surface area contributed by atoms with Gasteiger partial charge in [-0.25, -0.2) is 0 Å². The average Bonchev–Trinajstić information content (AvgIpc) is 3.11. The molecule has 1 aromatic heterocycles. The first-order valence-corrected chi connectivity index (χ1v) is 7.16. The van der Waals surface area contributed by atoms with E-state index in [1.54, 1.807) is 0 Å². The van der Waals surface area contributed by atoms with Gasteiger partial charge in [0.1, 0.15) is 0 Å². The number of aromatic nitrogens is 3. The molecule has 0 amide bonds. The predicted molar refractivity (Wildman–Crippen MR) is 72.3 cm³/mol. The van der Waals surface area contributed by atoms with Crippen molar-refractivity contribution in [2.75, 3.05) is 19.6 Å². The van der Waals surface area contributed by atoms with Crippen molar-refractivity contribution in [1.82, 2.24) is 25.2 Å². The molecule has 18 heavy (non-hydrogen) atoms. The Morgan fingerprint density at radius 2 is 2.22 bits per heavy atom. The van der Waals surface area contributed by atoms with Gasteiger partial charge in [0.2, 0.25) is 0 Å². The van der Waals surface area contributed by atoms with E-state index in [1.807, 2.05) is 4.68 Å². The van der Waals surface area contributed by atoms with E-state index in [0.29, 0.717) is 0 Å². The number of likely N-dealkylation sites (N-methyl/N-ethyl adjacent to an activating group) is 1. The van der Waals surface area contributed by atoms with E-state index >= 15 is 0 Å². The first-order valence-electron chi connectivity index (χ1n) is 7.16. The summed E-state index contributed by atoms with van der Waals surface area (Å²) in [6, 6.07) is 0.732. The lowest BCUT2D eigenvalue weighted by Gasteiger charge is -2.18. The Kier molecular flexibility index (Phi) is 5.13. The molecule has 1 N–H and O–H groups in total. The monoisotopic (exact) mass is 251 g/mol. The van der Waals surface area contributed by atoms with Crippen LogP contribution in [0, 0.1) is 0 Å². The summed E-state index contributed by atoms with van der Waals surface area (Å²) in [7, 11) is 0. The van der Waals surface area contributed by atoms with E-state index in [9.17, 15) is 0 Å². The van der Waals surface area contributed by atoms with Crippen molar-refractivity contribution in [2.45, 2.75) is 52.2 Å². The summed E-state index contributed by atoms with van der Waals surface area (Å²) in [5, 5.41) is 11.8. The van der Waals surface area contributed by atoms with Gasteiger partial charge in [0.25, 0.3) is 0 Å². The van der Waals surface area contributed by atoms with Gasteiger partial charge in [-0.1, -0.05) is 19.1 Å². The Hall–Kier alpha value is -0.940. The molecule has 1 heterocycles. The number of nitrogens with one attached hydrogen (secondary N) is 1. The van der Waals surface area contributed by atoms with Crippen LogP contribution in [0.15, 0.2) is 6.20 Å². The number of rotatable bonds is 9. The molecule has 0 unspecified atom stereocenters. The van der Waals surface area contributed by atoms with Crippen LogP contribution in [0.5, 0.6) is 0 Å². The van der Waals surface area contributed by atoms with Crippen LogP contribution in [-0.2, 0) is 13.1 Å². The van der Waals surface area contributed by atoms with E-state index in [1.165, 1.54) is 25.8 Å². The van der Waals surface area contributed by atoms with Crippen LogP contribution in [-0.4, -0.2) is 45.6 Å². The molecule has 0 atom stereocenters. The minimum absolute atomic E-state index is 0.732. The third-order valence-electron chi connectivity index (χ3n) is 3.37. The summed E-state index contributed by atoms with van der Waals surface area (Å²) < 4.78 is 1.96. The molecule has 1 fully saturated rings. The van der Waals surface area contributed by atoms with Gasteiger partial charge in [-0.05, 0) is 32.4 Å². The van der Waals surface area contributed by atoms with Gasteiger partial charge >= 0.3 is 0 Å². The van der Waals surface area contributed by atoms with Crippen molar-refractivity contribution >= 4 is 0 Å².